The van der Waals surface area contributed by atoms with Gasteiger partial charge in [-0.15, -0.1) is 0 Å². The van der Waals surface area contributed by atoms with E-state index in [1.807, 2.05) is 60.7 Å². The highest BCUT2D eigenvalue weighted by Crippen LogP contribution is 2.24. The molecule has 0 saturated heterocycles. The van der Waals surface area contributed by atoms with Gasteiger partial charge in [0.1, 0.15) is 0 Å². The summed E-state index contributed by atoms with van der Waals surface area (Å²) in [4.78, 5) is 7.57. The first-order chi connectivity index (χ1) is 10.9. The predicted molar refractivity (Wildman–Crippen MR) is 135 cm³/mol. The van der Waals surface area contributed by atoms with E-state index in [1.54, 1.807) is 39.0 Å². The molecule has 170 valence electrons. The fraction of sp³-hybridized carbons (Fsp3) is 0.360. The smallest absolute Gasteiger partial charge is 0.160 e. The molecule has 3 aromatic rings. The van der Waals surface area contributed by atoms with Crippen LogP contribution in [-0.2, 0) is 0 Å². The summed E-state index contributed by atoms with van der Waals surface area (Å²) in [5.41, 5.74) is 0. The second-order valence-electron chi connectivity index (χ2n) is 3.90. The van der Waals surface area contributed by atoms with Crippen molar-refractivity contribution in [3.63, 3.8) is 0 Å². The first kappa shape index (κ1) is 45.1. The van der Waals surface area contributed by atoms with E-state index < -0.39 is 0 Å². The van der Waals surface area contributed by atoms with Crippen molar-refractivity contribution in [1.82, 2.24) is 9.97 Å². The van der Waals surface area contributed by atoms with Crippen LogP contribution in [0.15, 0.2) is 85.5 Å². The van der Waals surface area contributed by atoms with Crippen molar-refractivity contribution in [1.29, 1.82) is 0 Å². The van der Waals surface area contributed by atoms with Gasteiger partial charge in [-0.3, -0.25) is 9.97 Å². The first-order valence-electron chi connectivity index (χ1n) is 6.75. The fourth-order valence-electron chi connectivity index (χ4n) is 1.41. The molecule has 0 N–H and O–H groups in total. The van der Waals surface area contributed by atoms with Crippen LogP contribution in [0.3, 0.4) is 0 Å². The summed E-state index contributed by atoms with van der Waals surface area (Å²) < 4.78 is 10.0. The molecular formula is C25H48N2O2. The van der Waals surface area contributed by atoms with Crippen molar-refractivity contribution in [3.8, 4) is 11.5 Å². The molecule has 0 aliphatic heterocycles. The lowest BCUT2D eigenvalue weighted by atomic mass is 10.3. The van der Waals surface area contributed by atoms with Crippen LogP contribution in [0.1, 0.15) is 52.0 Å². The molecule has 0 atom stereocenters. The highest BCUT2D eigenvalue weighted by Gasteiger charge is 1.97. The summed E-state index contributed by atoms with van der Waals surface area (Å²) in [5.74, 6) is 1.54. The van der Waals surface area contributed by atoms with E-state index in [9.17, 15) is 0 Å². The van der Waals surface area contributed by atoms with Crippen molar-refractivity contribution in [2.75, 3.05) is 14.2 Å². The van der Waals surface area contributed by atoms with Gasteiger partial charge in [0.05, 0.1) is 14.2 Å². The minimum Gasteiger partial charge on any atom is -0.493 e. The van der Waals surface area contributed by atoms with E-state index >= 15 is 0 Å². The Bertz CT molecular complexity index is 483. The van der Waals surface area contributed by atoms with Gasteiger partial charge in [0.25, 0.3) is 0 Å². The minimum absolute atomic E-state index is 0. The van der Waals surface area contributed by atoms with Crippen LogP contribution in [0, 0.1) is 0 Å². The van der Waals surface area contributed by atoms with E-state index in [-0.39, 0.29) is 52.0 Å². The third kappa shape index (κ3) is 23.1. The summed E-state index contributed by atoms with van der Waals surface area (Å²) in [5, 5.41) is 0. The van der Waals surface area contributed by atoms with Gasteiger partial charge in [0.15, 0.2) is 11.5 Å². The topological polar surface area (TPSA) is 44.2 Å². The Labute approximate surface area is 183 Å². The highest BCUT2D eigenvalue weighted by atomic mass is 16.5. The first-order valence-corrected chi connectivity index (χ1v) is 6.75. The molecule has 2 aromatic heterocycles. The average Bonchev–Trinajstić information content (AvgIpc) is 2.65. The molecule has 3 rings (SSSR count). The molecule has 0 saturated carbocycles. The predicted octanol–water partition coefficient (Wildman–Crippen LogP) is 8.32. The van der Waals surface area contributed by atoms with Gasteiger partial charge in [0.2, 0.25) is 0 Å². The summed E-state index contributed by atoms with van der Waals surface area (Å²) in [7, 11) is 3.25. The van der Waals surface area contributed by atoms with Gasteiger partial charge in [-0.05, 0) is 36.4 Å². The number of methoxy groups -OCH3 is 2. The molecule has 0 spiro atoms. The van der Waals surface area contributed by atoms with E-state index in [4.69, 9.17) is 9.47 Å². The number of pyridine rings is 2. The summed E-state index contributed by atoms with van der Waals surface area (Å²) in [6.45, 7) is 0. The fourth-order valence-corrected chi connectivity index (χ4v) is 1.41. The van der Waals surface area contributed by atoms with E-state index in [1.165, 1.54) is 0 Å². The Hall–Kier alpha value is -2.88. The Morgan fingerprint density at radius 3 is 0.862 bits per heavy atom. The summed E-state index contributed by atoms with van der Waals surface area (Å²) in [6.07, 6.45) is 7.00. The molecule has 0 aliphatic rings. The molecule has 0 radical (unpaired) electrons. The maximum absolute atomic E-state index is 5.01. The second kappa shape index (κ2) is 32.8. The molecule has 0 bridgehead atoms. The van der Waals surface area contributed by atoms with Gasteiger partial charge in [-0.2, -0.15) is 0 Å². The molecule has 0 amide bonds. The van der Waals surface area contributed by atoms with Crippen LogP contribution < -0.4 is 9.47 Å². The molecule has 4 heteroatoms. The van der Waals surface area contributed by atoms with Crippen LogP contribution in [0.5, 0.6) is 11.5 Å². The van der Waals surface area contributed by atoms with E-state index in [0.29, 0.717) is 0 Å². The van der Waals surface area contributed by atoms with Crippen LogP contribution in [-0.4, -0.2) is 24.2 Å². The molecule has 4 nitrogen and oxygen atoms in total. The van der Waals surface area contributed by atoms with Crippen molar-refractivity contribution >= 4 is 0 Å². The Morgan fingerprint density at radius 2 is 0.724 bits per heavy atom. The molecule has 0 fully saturated rings. The lowest BCUT2D eigenvalue weighted by Crippen LogP contribution is -1.88. The normalized spacial score (nSPS) is 6.41. The largest absolute Gasteiger partial charge is 0.493 e. The van der Waals surface area contributed by atoms with Gasteiger partial charge in [-0.1, -0.05) is 76.3 Å². The molecular weight excluding hydrogens is 360 g/mol. The van der Waals surface area contributed by atoms with Crippen molar-refractivity contribution in [2.45, 2.75) is 52.0 Å². The standard InChI is InChI=1S/C8H10O2.2C5H5N.7CH4/c1-9-7-5-3-4-6-8(7)10-2;2*1-2-4-6-5-3-1;;;;;;;/h3-6H,1-2H3;2*1-5H;7*1H4. The lowest BCUT2D eigenvalue weighted by Gasteiger charge is -2.04. The van der Waals surface area contributed by atoms with Gasteiger partial charge >= 0.3 is 0 Å². The molecule has 29 heavy (non-hydrogen) atoms. The van der Waals surface area contributed by atoms with Crippen LogP contribution >= 0.6 is 0 Å². The van der Waals surface area contributed by atoms with E-state index in [0.717, 1.165) is 11.5 Å². The quantitative estimate of drug-likeness (QED) is 0.427. The number of aromatic nitrogens is 2. The van der Waals surface area contributed by atoms with Crippen LogP contribution in [0.4, 0.5) is 0 Å². The van der Waals surface area contributed by atoms with Crippen molar-refractivity contribution < 1.29 is 9.47 Å². The monoisotopic (exact) mass is 408 g/mol. The zero-order chi connectivity index (χ0) is 15.9. The molecule has 0 aliphatic carbocycles. The van der Waals surface area contributed by atoms with Gasteiger partial charge in [-0.25, -0.2) is 0 Å². The number of benzene rings is 1. The summed E-state index contributed by atoms with van der Waals surface area (Å²) >= 11 is 0. The third-order valence-electron chi connectivity index (χ3n) is 2.42. The lowest BCUT2D eigenvalue weighted by molar-refractivity contribution is 0.355. The molecule has 1 aromatic carbocycles. The molecule has 2 heterocycles. The SMILES string of the molecule is C.C.C.C.C.C.C.COc1ccccc1OC.c1ccncc1.c1ccncc1. The zero-order valence-electron chi connectivity index (χ0n) is 12.8. The number of hydrogen-bond donors (Lipinski definition) is 0. The molecule has 0 unspecified atom stereocenters. The second-order valence-corrected chi connectivity index (χ2v) is 3.90. The number of hydrogen-bond acceptors (Lipinski definition) is 4. The Balaban J connectivity index is -0.0000000461. The third-order valence-corrected chi connectivity index (χ3v) is 2.42. The maximum Gasteiger partial charge on any atom is 0.160 e. The average molecular weight is 409 g/mol. The summed E-state index contributed by atoms with van der Waals surface area (Å²) in [6, 6.07) is 19.0. The van der Waals surface area contributed by atoms with Crippen molar-refractivity contribution in [3.05, 3.63) is 85.5 Å². The van der Waals surface area contributed by atoms with Crippen LogP contribution in [0.25, 0.3) is 0 Å². The number of para-hydroxylation sites is 2. The van der Waals surface area contributed by atoms with E-state index in [2.05, 4.69) is 9.97 Å². The van der Waals surface area contributed by atoms with Crippen LogP contribution in [0.2, 0.25) is 0 Å². The van der Waals surface area contributed by atoms with Gasteiger partial charge < -0.3 is 9.47 Å². The number of rotatable bonds is 2. The maximum atomic E-state index is 5.01. The highest BCUT2D eigenvalue weighted by molar-refractivity contribution is 5.39. The number of ether oxygens (including phenoxy) is 2. The van der Waals surface area contributed by atoms with Crippen molar-refractivity contribution in [2.24, 2.45) is 0 Å². The Morgan fingerprint density at radius 1 is 0.448 bits per heavy atom. The minimum atomic E-state index is 0. The Kier molecular flexibility index (Phi) is 50.9. The van der Waals surface area contributed by atoms with Gasteiger partial charge in [0, 0.05) is 24.8 Å². The number of nitrogens with zero attached hydrogens (tertiary/aromatic N) is 2. The zero-order valence-corrected chi connectivity index (χ0v) is 12.8.